The average Bonchev–Trinajstić information content (AvgIpc) is 2.80. The van der Waals surface area contributed by atoms with E-state index < -0.39 is 11.9 Å². The minimum absolute atomic E-state index is 0.0637. The number of carbonyl (C=O) groups is 2. The van der Waals surface area contributed by atoms with Crippen molar-refractivity contribution in [2.45, 2.75) is 26.7 Å². The molecule has 1 aliphatic rings. The van der Waals surface area contributed by atoms with E-state index in [1.165, 1.54) is 0 Å². The molecule has 0 bridgehead atoms. The third-order valence-electron chi connectivity index (χ3n) is 5.14. The molecule has 1 aliphatic heterocycles. The van der Waals surface area contributed by atoms with Gasteiger partial charge in [-0.25, -0.2) is 4.79 Å². The zero-order valence-corrected chi connectivity index (χ0v) is 19.7. The number of hydrogen-bond acceptors (Lipinski definition) is 7. The largest absolute Gasteiger partial charge is 0.484 e. The zero-order valence-electron chi connectivity index (χ0n) is 19.0. The van der Waals surface area contributed by atoms with Gasteiger partial charge in [-0.2, -0.15) is 5.26 Å². The van der Waals surface area contributed by atoms with Gasteiger partial charge >= 0.3 is 5.97 Å². The molecule has 2 aromatic carbocycles. The summed E-state index contributed by atoms with van der Waals surface area (Å²) in [5.74, 6) is -1.04. The number of nitrogens with two attached hydrogens (primary N) is 1. The number of halogens is 1. The van der Waals surface area contributed by atoms with Crippen LogP contribution in [0.3, 0.4) is 0 Å². The number of ether oxygens (including phenoxy) is 3. The number of allylic oxidation sites excluding steroid dienone is 2. The van der Waals surface area contributed by atoms with E-state index in [4.69, 9.17) is 31.5 Å². The van der Waals surface area contributed by atoms with E-state index in [1.807, 2.05) is 19.1 Å². The number of hydrogen-bond donors (Lipinski definition) is 2. The van der Waals surface area contributed by atoms with E-state index in [1.54, 1.807) is 50.2 Å². The SMILES string of the molecule is CCOC(=O)C1=C(C)OC(N)=C(C#N)C1c1ccc(OCC(=O)Nc2ccc(C)c(Cl)c2)cc1. The predicted octanol–water partition coefficient (Wildman–Crippen LogP) is 4.31. The number of anilines is 1. The molecule has 1 atom stereocenters. The summed E-state index contributed by atoms with van der Waals surface area (Å²) in [7, 11) is 0. The van der Waals surface area contributed by atoms with E-state index in [-0.39, 0.29) is 41.9 Å². The second kappa shape index (κ2) is 10.8. The van der Waals surface area contributed by atoms with Gasteiger partial charge in [-0.3, -0.25) is 4.79 Å². The fourth-order valence-corrected chi connectivity index (χ4v) is 3.64. The molecule has 1 amide bonds. The van der Waals surface area contributed by atoms with E-state index in [2.05, 4.69) is 5.32 Å². The molecule has 1 heterocycles. The van der Waals surface area contributed by atoms with E-state index >= 15 is 0 Å². The molecule has 0 aliphatic carbocycles. The molecule has 2 aromatic rings. The summed E-state index contributed by atoms with van der Waals surface area (Å²) in [6, 6.07) is 13.9. The van der Waals surface area contributed by atoms with Gasteiger partial charge in [0.05, 0.1) is 18.1 Å². The van der Waals surface area contributed by atoms with Crippen LogP contribution in [0.2, 0.25) is 5.02 Å². The summed E-state index contributed by atoms with van der Waals surface area (Å²) in [5, 5.41) is 12.9. The van der Waals surface area contributed by atoms with Gasteiger partial charge in [0.15, 0.2) is 6.61 Å². The van der Waals surface area contributed by atoms with Crippen LogP contribution >= 0.6 is 11.6 Å². The summed E-state index contributed by atoms with van der Waals surface area (Å²) >= 11 is 6.08. The maximum Gasteiger partial charge on any atom is 0.338 e. The highest BCUT2D eigenvalue weighted by atomic mass is 35.5. The highest BCUT2D eigenvalue weighted by Crippen LogP contribution is 2.40. The molecule has 1 unspecified atom stereocenters. The lowest BCUT2D eigenvalue weighted by atomic mass is 9.83. The Morgan fingerprint density at radius 3 is 2.53 bits per heavy atom. The topological polar surface area (TPSA) is 124 Å². The average molecular weight is 482 g/mol. The van der Waals surface area contributed by atoms with Gasteiger partial charge in [0, 0.05) is 10.7 Å². The highest BCUT2D eigenvalue weighted by Gasteiger charge is 2.36. The Morgan fingerprint density at radius 2 is 1.91 bits per heavy atom. The first kappa shape index (κ1) is 24.7. The zero-order chi connectivity index (χ0) is 24.8. The molecule has 0 spiro atoms. The third kappa shape index (κ3) is 5.50. The number of aryl methyl sites for hydroxylation is 1. The van der Waals surface area contributed by atoms with E-state index in [0.29, 0.717) is 22.0 Å². The van der Waals surface area contributed by atoms with Gasteiger partial charge in [0.1, 0.15) is 23.2 Å². The Hall–Kier alpha value is -3.96. The molecule has 3 rings (SSSR count). The summed E-state index contributed by atoms with van der Waals surface area (Å²) in [6.45, 7) is 5.12. The Kier molecular flexibility index (Phi) is 7.82. The van der Waals surface area contributed by atoms with Crippen molar-refractivity contribution in [1.82, 2.24) is 0 Å². The molecule has 9 heteroatoms. The molecular weight excluding hydrogens is 458 g/mol. The lowest BCUT2D eigenvalue weighted by Gasteiger charge is -2.26. The Labute approximate surface area is 202 Å². The normalized spacial score (nSPS) is 15.3. The minimum atomic E-state index is -0.749. The van der Waals surface area contributed by atoms with Gasteiger partial charge in [0.2, 0.25) is 5.88 Å². The third-order valence-corrected chi connectivity index (χ3v) is 5.55. The molecule has 8 nitrogen and oxygen atoms in total. The summed E-state index contributed by atoms with van der Waals surface area (Å²) < 4.78 is 16.1. The van der Waals surface area contributed by atoms with Crippen LogP contribution in [0.15, 0.2) is 65.3 Å². The smallest absolute Gasteiger partial charge is 0.338 e. The first-order valence-electron chi connectivity index (χ1n) is 10.5. The van der Waals surface area contributed by atoms with Gasteiger partial charge < -0.3 is 25.3 Å². The van der Waals surface area contributed by atoms with Crippen molar-refractivity contribution >= 4 is 29.2 Å². The number of nitrogens with one attached hydrogen (secondary N) is 1. The van der Waals surface area contributed by atoms with Gasteiger partial charge in [0.25, 0.3) is 5.91 Å². The van der Waals surface area contributed by atoms with Crippen molar-refractivity contribution in [2.75, 3.05) is 18.5 Å². The first-order chi connectivity index (χ1) is 16.2. The number of nitrogens with zero attached hydrogens (tertiary/aromatic N) is 1. The Balaban J connectivity index is 1.74. The fourth-order valence-electron chi connectivity index (χ4n) is 3.46. The van der Waals surface area contributed by atoms with Crippen molar-refractivity contribution in [3.63, 3.8) is 0 Å². The summed E-state index contributed by atoms with van der Waals surface area (Å²) in [6.07, 6.45) is 0. The molecule has 0 radical (unpaired) electrons. The highest BCUT2D eigenvalue weighted by molar-refractivity contribution is 6.31. The quantitative estimate of drug-likeness (QED) is 0.564. The first-order valence-corrected chi connectivity index (χ1v) is 10.9. The maximum absolute atomic E-state index is 12.6. The van der Waals surface area contributed by atoms with Gasteiger partial charge in [-0.05, 0) is 56.2 Å². The van der Waals surface area contributed by atoms with Crippen molar-refractivity contribution < 1.29 is 23.8 Å². The fraction of sp³-hybridized carbons (Fsp3) is 0.240. The number of nitriles is 1. The van der Waals surface area contributed by atoms with E-state index in [9.17, 15) is 14.9 Å². The van der Waals surface area contributed by atoms with Crippen LogP contribution in [0, 0.1) is 18.3 Å². The Morgan fingerprint density at radius 1 is 1.21 bits per heavy atom. The van der Waals surface area contributed by atoms with Crippen molar-refractivity contribution in [3.05, 3.63) is 81.4 Å². The molecule has 0 saturated carbocycles. The molecule has 34 heavy (non-hydrogen) atoms. The number of esters is 1. The summed E-state index contributed by atoms with van der Waals surface area (Å²) in [4.78, 5) is 24.8. The predicted molar refractivity (Wildman–Crippen MR) is 127 cm³/mol. The van der Waals surface area contributed by atoms with Crippen LogP contribution in [0.4, 0.5) is 5.69 Å². The van der Waals surface area contributed by atoms with Crippen LogP contribution in [0.1, 0.15) is 30.9 Å². The number of benzene rings is 2. The molecular formula is C25H24ClN3O5. The number of rotatable bonds is 7. The number of amides is 1. The monoisotopic (exact) mass is 481 g/mol. The lowest BCUT2D eigenvalue weighted by Crippen LogP contribution is -2.25. The second-order valence-electron chi connectivity index (χ2n) is 7.48. The Bertz CT molecular complexity index is 1210. The van der Waals surface area contributed by atoms with Crippen molar-refractivity contribution in [2.24, 2.45) is 5.73 Å². The van der Waals surface area contributed by atoms with Crippen LogP contribution in [-0.4, -0.2) is 25.1 Å². The molecule has 0 fully saturated rings. The van der Waals surface area contributed by atoms with Crippen LogP contribution in [0.25, 0.3) is 0 Å². The lowest BCUT2D eigenvalue weighted by molar-refractivity contribution is -0.139. The van der Waals surface area contributed by atoms with Crippen LogP contribution < -0.4 is 15.8 Å². The molecule has 3 N–H and O–H groups in total. The molecule has 0 aromatic heterocycles. The van der Waals surface area contributed by atoms with Crippen molar-refractivity contribution in [3.8, 4) is 11.8 Å². The van der Waals surface area contributed by atoms with Crippen molar-refractivity contribution in [1.29, 1.82) is 5.26 Å². The van der Waals surface area contributed by atoms with Gasteiger partial charge in [-0.15, -0.1) is 0 Å². The standard InChI is InChI=1S/C25H24ClN3O5/c1-4-32-25(31)22-15(3)34-24(28)19(12-27)23(22)16-6-9-18(10-7-16)33-13-21(30)29-17-8-5-14(2)20(26)11-17/h5-11,23H,4,13,28H2,1-3H3,(H,29,30). The van der Waals surface area contributed by atoms with Crippen LogP contribution in [-0.2, 0) is 19.1 Å². The molecule has 176 valence electrons. The van der Waals surface area contributed by atoms with Gasteiger partial charge in [-0.1, -0.05) is 29.8 Å². The maximum atomic E-state index is 12.6. The van der Waals surface area contributed by atoms with E-state index in [0.717, 1.165) is 5.56 Å². The molecule has 0 saturated heterocycles. The number of carbonyl (C=O) groups excluding carboxylic acids is 2. The minimum Gasteiger partial charge on any atom is -0.484 e. The summed E-state index contributed by atoms with van der Waals surface area (Å²) in [5.41, 5.74) is 8.32. The van der Waals surface area contributed by atoms with Crippen LogP contribution in [0.5, 0.6) is 5.75 Å². The second-order valence-corrected chi connectivity index (χ2v) is 7.89.